The highest BCUT2D eigenvalue weighted by atomic mass is 35.5. The van der Waals surface area contributed by atoms with Crippen LogP contribution in [-0.4, -0.2) is 33.4 Å². The smallest absolute Gasteiger partial charge is 0.297 e. The largest absolute Gasteiger partial charge is 0.448 e. The van der Waals surface area contributed by atoms with E-state index in [1.54, 1.807) is 27.7 Å². The van der Waals surface area contributed by atoms with Crippen molar-refractivity contribution >= 4 is 39.6 Å². The zero-order valence-electron chi connectivity index (χ0n) is 21.4. The van der Waals surface area contributed by atoms with Crippen LogP contribution in [0.1, 0.15) is 46.7 Å². The number of carbonyl (C=O) groups excluding carboxylic acids is 1. The number of fused-ring (bicyclic) bond motifs is 3. The molecule has 0 saturated heterocycles. The monoisotopic (exact) mass is 528 g/mol. The number of amides is 1. The lowest BCUT2D eigenvalue weighted by Crippen LogP contribution is -2.41. The number of furan rings is 1. The fourth-order valence-corrected chi connectivity index (χ4v) is 5.00. The summed E-state index contributed by atoms with van der Waals surface area (Å²) >= 11 is 6.28. The summed E-state index contributed by atoms with van der Waals surface area (Å²) in [6.07, 6.45) is 0.529. The molecular weight excluding hydrogens is 500 g/mol. The van der Waals surface area contributed by atoms with E-state index in [4.69, 9.17) is 26.7 Å². The Balaban J connectivity index is 1.73. The molecule has 0 radical (unpaired) electrons. The molecule has 0 aliphatic rings. The Kier molecular flexibility index (Phi) is 7.31. The lowest BCUT2D eigenvalue weighted by molar-refractivity contribution is 0.0664. The number of carbonyl (C=O) groups is 1. The third-order valence-corrected chi connectivity index (χ3v) is 6.98. The second-order valence-corrected chi connectivity index (χ2v) is 9.78. The predicted molar refractivity (Wildman–Crippen MR) is 151 cm³/mol. The number of nitrogens with zero attached hydrogens (tertiary/aromatic N) is 3. The third-order valence-electron chi connectivity index (χ3n) is 6.74. The minimum absolute atomic E-state index is 0.159. The summed E-state index contributed by atoms with van der Waals surface area (Å²) < 4.78 is 7.58. The van der Waals surface area contributed by atoms with Crippen molar-refractivity contribution in [2.45, 2.75) is 32.9 Å². The standard InChI is InChI=1S/C30H29ClN4O3/c1-3-24(34(16-15-32)29(36)21-11-9-19(2)10-12-21)28-33-26-23-17-22(31)13-14-25(23)38-27(26)30(37)35(28)18-20-7-5-4-6-8-20/h4-14,17,24H,3,15-16,18,32H2,1-2H3. The average Bonchev–Trinajstić information content (AvgIpc) is 3.29. The average molecular weight is 529 g/mol. The molecule has 0 aliphatic heterocycles. The Bertz CT molecular complexity index is 1660. The molecule has 8 heteroatoms. The summed E-state index contributed by atoms with van der Waals surface area (Å²) in [6.45, 7) is 4.81. The van der Waals surface area contributed by atoms with Crippen molar-refractivity contribution in [1.82, 2.24) is 14.5 Å². The van der Waals surface area contributed by atoms with Crippen LogP contribution in [0.5, 0.6) is 0 Å². The Hall–Kier alpha value is -3.94. The molecule has 38 heavy (non-hydrogen) atoms. The van der Waals surface area contributed by atoms with E-state index < -0.39 is 6.04 Å². The second kappa shape index (κ2) is 10.8. The van der Waals surface area contributed by atoms with Crippen LogP contribution >= 0.6 is 11.6 Å². The molecule has 0 spiro atoms. The van der Waals surface area contributed by atoms with Gasteiger partial charge in [0.25, 0.3) is 11.5 Å². The van der Waals surface area contributed by atoms with Crippen molar-refractivity contribution in [2.75, 3.05) is 13.1 Å². The molecule has 3 aromatic carbocycles. The molecule has 194 valence electrons. The number of aromatic nitrogens is 2. The van der Waals surface area contributed by atoms with Gasteiger partial charge in [0.1, 0.15) is 16.9 Å². The Morgan fingerprint density at radius 3 is 2.53 bits per heavy atom. The van der Waals surface area contributed by atoms with Crippen molar-refractivity contribution in [3.63, 3.8) is 0 Å². The summed E-state index contributed by atoms with van der Waals surface area (Å²) in [6, 6.07) is 21.8. The third kappa shape index (κ3) is 4.83. The fraction of sp³-hybridized carbons (Fsp3) is 0.233. The van der Waals surface area contributed by atoms with Gasteiger partial charge in [0, 0.05) is 29.1 Å². The van der Waals surface area contributed by atoms with Gasteiger partial charge in [-0.3, -0.25) is 14.2 Å². The molecule has 7 nitrogen and oxygen atoms in total. The number of aryl methyl sites for hydroxylation is 1. The molecule has 0 bridgehead atoms. The maximum atomic E-state index is 14.0. The summed E-state index contributed by atoms with van der Waals surface area (Å²) in [4.78, 5) is 34.4. The Morgan fingerprint density at radius 1 is 1.11 bits per heavy atom. The van der Waals surface area contributed by atoms with Gasteiger partial charge in [-0.15, -0.1) is 0 Å². The number of nitrogens with two attached hydrogens (primary N) is 1. The quantitative estimate of drug-likeness (QED) is 0.278. The van der Waals surface area contributed by atoms with Crippen molar-refractivity contribution < 1.29 is 9.21 Å². The van der Waals surface area contributed by atoms with E-state index in [0.717, 1.165) is 11.1 Å². The Labute approximate surface area is 225 Å². The lowest BCUT2D eigenvalue weighted by atomic mass is 10.1. The van der Waals surface area contributed by atoms with Crippen molar-refractivity contribution in [3.05, 3.63) is 111 Å². The summed E-state index contributed by atoms with van der Waals surface area (Å²) in [7, 11) is 0. The van der Waals surface area contributed by atoms with Gasteiger partial charge in [-0.1, -0.05) is 66.6 Å². The highest BCUT2D eigenvalue weighted by molar-refractivity contribution is 6.31. The van der Waals surface area contributed by atoms with E-state index in [1.807, 2.05) is 68.4 Å². The molecule has 5 rings (SSSR count). The molecular formula is C30H29ClN4O3. The van der Waals surface area contributed by atoms with Gasteiger partial charge < -0.3 is 15.1 Å². The minimum Gasteiger partial charge on any atom is -0.448 e. The first kappa shape index (κ1) is 25.7. The van der Waals surface area contributed by atoms with Crippen LogP contribution in [0.15, 0.2) is 82.0 Å². The van der Waals surface area contributed by atoms with E-state index in [-0.39, 0.29) is 30.1 Å². The number of halogens is 1. The van der Waals surface area contributed by atoms with Crippen molar-refractivity contribution in [1.29, 1.82) is 0 Å². The van der Waals surface area contributed by atoms with Gasteiger partial charge in [-0.25, -0.2) is 4.98 Å². The number of benzene rings is 3. The topological polar surface area (TPSA) is 94.4 Å². The number of hydrogen-bond donors (Lipinski definition) is 1. The first-order valence-electron chi connectivity index (χ1n) is 12.7. The highest BCUT2D eigenvalue weighted by Crippen LogP contribution is 2.31. The fourth-order valence-electron chi connectivity index (χ4n) is 4.83. The zero-order chi connectivity index (χ0) is 26.8. The normalized spacial score (nSPS) is 12.2. The molecule has 1 unspecified atom stereocenters. The molecule has 0 fully saturated rings. The van der Waals surface area contributed by atoms with Crippen molar-refractivity contribution in [2.24, 2.45) is 5.73 Å². The predicted octanol–water partition coefficient (Wildman–Crippen LogP) is 5.71. The summed E-state index contributed by atoms with van der Waals surface area (Å²) in [5.74, 6) is 0.313. The van der Waals surface area contributed by atoms with Gasteiger partial charge >= 0.3 is 0 Å². The minimum atomic E-state index is -0.503. The Morgan fingerprint density at radius 2 is 1.84 bits per heavy atom. The van der Waals surface area contributed by atoms with E-state index in [1.165, 1.54) is 0 Å². The van der Waals surface area contributed by atoms with E-state index in [2.05, 4.69) is 0 Å². The molecule has 0 saturated carbocycles. The summed E-state index contributed by atoms with van der Waals surface area (Å²) in [5, 5.41) is 1.17. The van der Waals surface area contributed by atoms with Crippen LogP contribution in [0.25, 0.3) is 22.1 Å². The molecule has 2 aromatic heterocycles. The van der Waals surface area contributed by atoms with Gasteiger partial charge in [0.2, 0.25) is 5.58 Å². The summed E-state index contributed by atoms with van der Waals surface area (Å²) in [5.41, 5.74) is 9.34. The second-order valence-electron chi connectivity index (χ2n) is 9.34. The van der Waals surface area contributed by atoms with Crippen LogP contribution in [0.4, 0.5) is 0 Å². The van der Waals surface area contributed by atoms with E-state index in [9.17, 15) is 9.59 Å². The van der Waals surface area contributed by atoms with Gasteiger partial charge in [-0.05, 0) is 49.2 Å². The van der Waals surface area contributed by atoms with E-state index >= 15 is 0 Å². The van der Waals surface area contributed by atoms with Crippen molar-refractivity contribution in [3.8, 4) is 0 Å². The first-order valence-corrected chi connectivity index (χ1v) is 13.0. The van der Waals surface area contributed by atoms with Gasteiger partial charge in [-0.2, -0.15) is 0 Å². The molecule has 1 amide bonds. The van der Waals surface area contributed by atoms with Crippen LogP contribution < -0.4 is 11.3 Å². The molecule has 2 N–H and O–H groups in total. The van der Waals surface area contributed by atoms with Crippen LogP contribution in [0.3, 0.4) is 0 Å². The molecule has 2 heterocycles. The SMILES string of the molecule is CCC(c1nc2c(oc3ccc(Cl)cc32)c(=O)n1Cc1ccccc1)N(CCN)C(=O)c1ccc(C)cc1. The molecule has 1 atom stereocenters. The van der Waals surface area contributed by atoms with Gasteiger partial charge in [0.15, 0.2) is 0 Å². The highest BCUT2D eigenvalue weighted by Gasteiger charge is 2.30. The maximum Gasteiger partial charge on any atom is 0.297 e. The van der Waals surface area contributed by atoms with Crippen LogP contribution in [0, 0.1) is 6.92 Å². The maximum absolute atomic E-state index is 14.0. The zero-order valence-corrected chi connectivity index (χ0v) is 22.1. The van der Waals surface area contributed by atoms with E-state index in [0.29, 0.717) is 45.9 Å². The lowest BCUT2D eigenvalue weighted by Gasteiger charge is -2.32. The number of hydrogen-bond acceptors (Lipinski definition) is 5. The van der Waals surface area contributed by atoms with Gasteiger partial charge in [0.05, 0.1) is 12.6 Å². The van der Waals surface area contributed by atoms with Crippen LogP contribution in [0.2, 0.25) is 5.02 Å². The molecule has 0 aliphatic carbocycles. The first-order chi connectivity index (χ1) is 18.4. The number of rotatable bonds is 8. The molecule has 5 aromatic rings. The van der Waals surface area contributed by atoms with Crippen LogP contribution in [-0.2, 0) is 6.54 Å².